The number of aliphatic hydroxyl groups excluding tert-OH is 1. The van der Waals surface area contributed by atoms with Crippen LogP contribution in [0.4, 0.5) is 0 Å². The van der Waals surface area contributed by atoms with E-state index in [-0.39, 0.29) is 12.5 Å². The van der Waals surface area contributed by atoms with Crippen molar-refractivity contribution in [2.24, 2.45) is 11.7 Å². The fourth-order valence-corrected chi connectivity index (χ4v) is 2.40. The Bertz CT molecular complexity index is 378. The van der Waals surface area contributed by atoms with Crippen LogP contribution < -0.4 is 10.5 Å². The molecule has 0 fully saturated rings. The molecular formula is C12H17NO2. The first kappa shape index (κ1) is 10.5. The zero-order chi connectivity index (χ0) is 11.1. The van der Waals surface area contributed by atoms with Gasteiger partial charge in [0.2, 0.25) is 0 Å². The van der Waals surface area contributed by atoms with Gasteiger partial charge in [-0.2, -0.15) is 0 Å². The summed E-state index contributed by atoms with van der Waals surface area (Å²) in [6.45, 7) is 2.05. The Morgan fingerprint density at radius 1 is 1.60 bits per heavy atom. The maximum Gasteiger partial charge on any atom is 0.122 e. The van der Waals surface area contributed by atoms with Crippen molar-refractivity contribution < 1.29 is 9.84 Å². The van der Waals surface area contributed by atoms with Crippen LogP contribution in [0.3, 0.4) is 0 Å². The highest BCUT2D eigenvalue weighted by atomic mass is 16.5. The van der Waals surface area contributed by atoms with Crippen LogP contribution in [-0.4, -0.2) is 18.8 Å². The van der Waals surface area contributed by atoms with E-state index in [1.807, 2.05) is 18.2 Å². The first-order chi connectivity index (χ1) is 7.13. The number of nitrogens with two attached hydrogens (primary N) is 1. The molecule has 3 heteroatoms. The molecule has 0 saturated heterocycles. The quantitative estimate of drug-likeness (QED) is 0.761. The van der Waals surface area contributed by atoms with Gasteiger partial charge in [0, 0.05) is 0 Å². The maximum atomic E-state index is 9.44. The standard InChI is InChI=1S/C12H17NO2/c1-8-6-9-10(12(8,13)7-14)4-3-5-11(9)15-2/h3-5,8,14H,6-7,13H2,1-2H3. The molecule has 3 N–H and O–H groups in total. The van der Waals surface area contributed by atoms with E-state index in [2.05, 4.69) is 6.92 Å². The summed E-state index contributed by atoms with van der Waals surface area (Å²) in [5, 5.41) is 9.44. The van der Waals surface area contributed by atoms with E-state index >= 15 is 0 Å². The van der Waals surface area contributed by atoms with Crippen LogP contribution in [0.2, 0.25) is 0 Å². The average molecular weight is 207 g/mol. The maximum absolute atomic E-state index is 9.44. The highest BCUT2D eigenvalue weighted by Crippen LogP contribution is 2.42. The number of rotatable bonds is 2. The molecule has 15 heavy (non-hydrogen) atoms. The summed E-state index contributed by atoms with van der Waals surface area (Å²) in [5.41, 5.74) is 7.79. The second-order valence-electron chi connectivity index (χ2n) is 4.29. The molecule has 0 spiro atoms. The first-order valence-corrected chi connectivity index (χ1v) is 5.19. The van der Waals surface area contributed by atoms with Gasteiger partial charge in [0.15, 0.2) is 0 Å². The molecule has 0 bridgehead atoms. The molecule has 2 atom stereocenters. The van der Waals surface area contributed by atoms with Crippen molar-refractivity contribution in [3.05, 3.63) is 29.3 Å². The predicted molar refractivity (Wildman–Crippen MR) is 58.8 cm³/mol. The topological polar surface area (TPSA) is 55.5 Å². The van der Waals surface area contributed by atoms with E-state index < -0.39 is 5.54 Å². The molecule has 3 nitrogen and oxygen atoms in total. The fourth-order valence-electron chi connectivity index (χ4n) is 2.40. The van der Waals surface area contributed by atoms with Crippen LogP contribution in [0, 0.1) is 5.92 Å². The van der Waals surface area contributed by atoms with Crippen LogP contribution in [0.5, 0.6) is 5.75 Å². The summed E-state index contributed by atoms with van der Waals surface area (Å²) in [6, 6.07) is 5.85. The van der Waals surface area contributed by atoms with Crippen LogP contribution in [-0.2, 0) is 12.0 Å². The third kappa shape index (κ3) is 1.34. The lowest BCUT2D eigenvalue weighted by molar-refractivity contribution is 0.159. The highest BCUT2D eigenvalue weighted by molar-refractivity contribution is 5.48. The Balaban J connectivity index is 2.56. The number of hydrogen-bond acceptors (Lipinski definition) is 3. The van der Waals surface area contributed by atoms with Gasteiger partial charge in [-0.3, -0.25) is 0 Å². The lowest BCUT2D eigenvalue weighted by atomic mass is 9.87. The minimum atomic E-state index is -0.607. The van der Waals surface area contributed by atoms with Gasteiger partial charge in [0.05, 0.1) is 19.3 Å². The molecule has 1 aromatic carbocycles. The smallest absolute Gasteiger partial charge is 0.122 e. The predicted octanol–water partition coefficient (Wildman–Crippen LogP) is 1.03. The minimum absolute atomic E-state index is 0.0195. The normalized spacial score (nSPS) is 28.9. The van der Waals surface area contributed by atoms with Crippen molar-refractivity contribution in [2.45, 2.75) is 18.9 Å². The Kier molecular flexibility index (Phi) is 2.44. The molecule has 1 aromatic rings. The van der Waals surface area contributed by atoms with Crippen molar-refractivity contribution in [1.82, 2.24) is 0 Å². The van der Waals surface area contributed by atoms with Crippen molar-refractivity contribution in [1.29, 1.82) is 0 Å². The largest absolute Gasteiger partial charge is 0.496 e. The number of fused-ring (bicyclic) bond motifs is 1. The van der Waals surface area contributed by atoms with Crippen LogP contribution in [0.25, 0.3) is 0 Å². The van der Waals surface area contributed by atoms with Gasteiger partial charge in [0.25, 0.3) is 0 Å². The van der Waals surface area contributed by atoms with E-state index in [9.17, 15) is 5.11 Å². The van der Waals surface area contributed by atoms with Gasteiger partial charge in [-0.05, 0) is 29.5 Å². The van der Waals surface area contributed by atoms with E-state index in [0.717, 1.165) is 23.3 Å². The number of aliphatic hydroxyl groups is 1. The number of methoxy groups -OCH3 is 1. The van der Waals surface area contributed by atoms with Crippen molar-refractivity contribution in [3.63, 3.8) is 0 Å². The Morgan fingerprint density at radius 3 is 2.93 bits per heavy atom. The summed E-state index contributed by atoms with van der Waals surface area (Å²) in [6.07, 6.45) is 0.871. The van der Waals surface area contributed by atoms with Crippen molar-refractivity contribution >= 4 is 0 Å². The van der Waals surface area contributed by atoms with Gasteiger partial charge in [-0.1, -0.05) is 19.1 Å². The van der Waals surface area contributed by atoms with Gasteiger partial charge in [-0.15, -0.1) is 0 Å². The van der Waals surface area contributed by atoms with Crippen LogP contribution in [0.1, 0.15) is 18.1 Å². The number of benzene rings is 1. The molecule has 82 valence electrons. The third-order valence-corrected chi connectivity index (χ3v) is 3.51. The molecule has 1 aliphatic rings. The van der Waals surface area contributed by atoms with E-state index in [4.69, 9.17) is 10.5 Å². The second-order valence-corrected chi connectivity index (χ2v) is 4.29. The Morgan fingerprint density at radius 2 is 2.33 bits per heavy atom. The van der Waals surface area contributed by atoms with E-state index in [1.54, 1.807) is 7.11 Å². The van der Waals surface area contributed by atoms with Gasteiger partial charge in [0.1, 0.15) is 5.75 Å². The molecule has 0 amide bonds. The summed E-state index contributed by atoms with van der Waals surface area (Å²) < 4.78 is 5.31. The minimum Gasteiger partial charge on any atom is -0.496 e. The number of hydrogen-bond donors (Lipinski definition) is 2. The summed E-state index contributed by atoms with van der Waals surface area (Å²) in [4.78, 5) is 0. The molecule has 0 heterocycles. The zero-order valence-corrected chi connectivity index (χ0v) is 9.16. The lowest BCUT2D eigenvalue weighted by Crippen LogP contribution is -2.43. The molecule has 0 aliphatic heterocycles. The van der Waals surface area contributed by atoms with Crippen molar-refractivity contribution in [2.75, 3.05) is 13.7 Å². The van der Waals surface area contributed by atoms with Crippen molar-refractivity contribution in [3.8, 4) is 5.75 Å². The van der Waals surface area contributed by atoms with E-state index in [0.29, 0.717) is 0 Å². The second kappa shape index (κ2) is 3.51. The third-order valence-electron chi connectivity index (χ3n) is 3.51. The van der Waals surface area contributed by atoms with E-state index in [1.165, 1.54) is 0 Å². The SMILES string of the molecule is COc1cccc2c1CC(C)C2(N)CO. The first-order valence-electron chi connectivity index (χ1n) is 5.19. The summed E-state index contributed by atoms with van der Waals surface area (Å²) in [7, 11) is 1.66. The molecule has 0 saturated carbocycles. The van der Waals surface area contributed by atoms with Crippen LogP contribution in [0.15, 0.2) is 18.2 Å². The van der Waals surface area contributed by atoms with Gasteiger partial charge < -0.3 is 15.6 Å². The molecule has 2 rings (SSSR count). The Hall–Kier alpha value is -1.06. The highest BCUT2D eigenvalue weighted by Gasteiger charge is 2.41. The molecule has 0 aromatic heterocycles. The molecule has 2 unspecified atom stereocenters. The molecule has 1 aliphatic carbocycles. The van der Waals surface area contributed by atoms with Gasteiger partial charge in [-0.25, -0.2) is 0 Å². The molecular weight excluding hydrogens is 190 g/mol. The number of ether oxygens (including phenoxy) is 1. The fraction of sp³-hybridized carbons (Fsp3) is 0.500. The lowest BCUT2D eigenvalue weighted by Gasteiger charge is -2.27. The zero-order valence-electron chi connectivity index (χ0n) is 9.16. The monoisotopic (exact) mass is 207 g/mol. The summed E-state index contributed by atoms with van der Waals surface area (Å²) >= 11 is 0. The molecule has 0 radical (unpaired) electrons. The average Bonchev–Trinajstić information content (AvgIpc) is 2.52. The van der Waals surface area contributed by atoms with Crippen LogP contribution >= 0.6 is 0 Å². The summed E-state index contributed by atoms with van der Waals surface area (Å²) in [5.74, 6) is 1.12. The Labute approximate surface area is 89.9 Å². The van der Waals surface area contributed by atoms with Gasteiger partial charge >= 0.3 is 0 Å².